The molecule has 2 fully saturated rings. The monoisotopic (exact) mass is 338 g/mol. The minimum atomic E-state index is -0.136. The Morgan fingerprint density at radius 2 is 1.96 bits per heavy atom. The first kappa shape index (κ1) is 15.9. The molecule has 1 N–H and O–H groups in total. The zero-order valence-corrected chi connectivity index (χ0v) is 14.6. The normalized spacial score (nSPS) is 23.0. The van der Waals surface area contributed by atoms with E-state index in [1.807, 2.05) is 47.9 Å². The van der Waals surface area contributed by atoms with Gasteiger partial charge < -0.3 is 9.80 Å². The summed E-state index contributed by atoms with van der Waals surface area (Å²) in [7, 11) is 0. The summed E-state index contributed by atoms with van der Waals surface area (Å²) in [5, 5.41) is 6.88. The highest BCUT2D eigenvalue weighted by Crippen LogP contribution is 2.42. The van der Waals surface area contributed by atoms with Crippen molar-refractivity contribution in [3.05, 3.63) is 47.3 Å². The lowest BCUT2D eigenvalue weighted by Gasteiger charge is -2.24. The number of nitrogens with zero attached hydrogens (tertiary/aromatic N) is 3. The number of likely N-dealkylation sites (tertiary alicyclic amines) is 1. The highest BCUT2D eigenvalue weighted by atomic mass is 16.2. The van der Waals surface area contributed by atoms with Gasteiger partial charge in [-0.25, -0.2) is 0 Å². The number of carbonyl (C=O) groups excluding carboxylic acids is 2. The van der Waals surface area contributed by atoms with Gasteiger partial charge >= 0.3 is 0 Å². The largest absolute Gasteiger partial charge is 0.337 e. The number of hydrogen-bond donors (Lipinski definition) is 1. The number of amides is 2. The van der Waals surface area contributed by atoms with Crippen molar-refractivity contribution in [2.45, 2.75) is 26.7 Å². The molecule has 1 spiro atoms. The Morgan fingerprint density at radius 3 is 2.64 bits per heavy atom. The van der Waals surface area contributed by atoms with Crippen LogP contribution in [0.4, 0.5) is 5.69 Å². The molecule has 2 aromatic rings. The van der Waals surface area contributed by atoms with Gasteiger partial charge in [0.1, 0.15) is 5.69 Å². The summed E-state index contributed by atoms with van der Waals surface area (Å²) >= 11 is 0. The summed E-state index contributed by atoms with van der Waals surface area (Å²) < 4.78 is 0. The Kier molecular flexibility index (Phi) is 3.63. The van der Waals surface area contributed by atoms with Gasteiger partial charge in [0.2, 0.25) is 5.91 Å². The first-order valence-corrected chi connectivity index (χ1v) is 8.64. The third kappa shape index (κ3) is 2.81. The van der Waals surface area contributed by atoms with E-state index >= 15 is 0 Å². The zero-order chi connectivity index (χ0) is 17.6. The maximum absolute atomic E-state index is 12.6. The van der Waals surface area contributed by atoms with Crippen molar-refractivity contribution in [2.24, 2.45) is 5.41 Å². The molecule has 2 aliphatic heterocycles. The van der Waals surface area contributed by atoms with E-state index in [1.165, 1.54) is 5.56 Å². The third-order valence-electron chi connectivity index (χ3n) is 5.32. The van der Waals surface area contributed by atoms with Crippen LogP contribution < -0.4 is 4.90 Å². The summed E-state index contributed by atoms with van der Waals surface area (Å²) in [5.41, 5.74) is 3.31. The van der Waals surface area contributed by atoms with Crippen LogP contribution in [0.15, 0.2) is 30.3 Å². The predicted molar refractivity (Wildman–Crippen MR) is 94.4 cm³/mol. The molecule has 0 aliphatic carbocycles. The van der Waals surface area contributed by atoms with Crippen LogP contribution in [0.3, 0.4) is 0 Å². The average Bonchev–Trinajstić information content (AvgIpc) is 3.28. The molecule has 4 rings (SSSR count). The Morgan fingerprint density at radius 1 is 1.20 bits per heavy atom. The predicted octanol–water partition coefficient (Wildman–Crippen LogP) is 2.30. The van der Waals surface area contributed by atoms with Gasteiger partial charge in [0.05, 0.1) is 0 Å². The van der Waals surface area contributed by atoms with Crippen LogP contribution >= 0.6 is 0 Å². The van der Waals surface area contributed by atoms with E-state index in [2.05, 4.69) is 10.2 Å². The van der Waals surface area contributed by atoms with E-state index < -0.39 is 0 Å². The van der Waals surface area contributed by atoms with Crippen molar-refractivity contribution in [1.29, 1.82) is 0 Å². The number of carbonyl (C=O) groups is 2. The standard InChI is InChI=1S/C19H22N4O2/c1-13-3-5-15(6-4-13)23-12-19(10-17(23)24)7-8-22(11-19)18(25)16-9-14(2)20-21-16/h3-6,9H,7-8,10-12H2,1-2H3,(H,20,21). The molecule has 3 heterocycles. The number of aromatic nitrogens is 2. The van der Waals surface area contributed by atoms with E-state index in [-0.39, 0.29) is 17.2 Å². The smallest absolute Gasteiger partial charge is 0.274 e. The number of nitrogens with one attached hydrogen (secondary N) is 1. The Labute approximate surface area is 146 Å². The number of anilines is 1. The molecule has 2 amide bonds. The van der Waals surface area contributed by atoms with Crippen molar-refractivity contribution in [3.63, 3.8) is 0 Å². The van der Waals surface area contributed by atoms with Crippen LogP contribution in [0.25, 0.3) is 0 Å². The van der Waals surface area contributed by atoms with Gasteiger partial charge in [-0.15, -0.1) is 0 Å². The molecule has 0 bridgehead atoms. The molecule has 25 heavy (non-hydrogen) atoms. The summed E-state index contributed by atoms with van der Waals surface area (Å²) in [6, 6.07) is 9.81. The van der Waals surface area contributed by atoms with Gasteiger partial charge in [0.25, 0.3) is 5.91 Å². The number of H-pyrrole nitrogens is 1. The molecule has 130 valence electrons. The van der Waals surface area contributed by atoms with E-state index in [9.17, 15) is 9.59 Å². The highest BCUT2D eigenvalue weighted by molar-refractivity contribution is 5.97. The van der Waals surface area contributed by atoms with Crippen molar-refractivity contribution in [3.8, 4) is 0 Å². The van der Waals surface area contributed by atoms with Gasteiger partial charge in [0, 0.05) is 42.9 Å². The molecule has 6 heteroatoms. The first-order valence-electron chi connectivity index (χ1n) is 8.64. The summed E-state index contributed by atoms with van der Waals surface area (Å²) in [5.74, 6) is 0.0937. The molecular formula is C19H22N4O2. The summed E-state index contributed by atoms with van der Waals surface area (Å²) in [6.45, 7) is 5.89. The van der Waals surface area contributed by atoms with E-state index in [0.29, 0.717) is 31.7 Å². The quantitative estimate of drug-likeness (QED) is 0.913. The summed E-state index contributed by atoms with van der Waals surface area (Å²) in [4.78, 5) is 28.9. The van der Waals surface area contributed by atoms with Crippen LogP contribution in [-0.4, -0.2) is 46.5 Å². The van der Waals surface area contributed by atoms with Gasteiger partial charge in [-0.2, -0.15) is 5.10 Å². The third-order valence-corrected chi connectivity index (χ3v) is 5.32. The Hall–Kier alpha value is -2.63. The molecule has 0 saturated carbocycles. The molecule has 1 unspecified atom stereocenters. The number of aryl methyl sites for hydroxylation is 2. The Balaban J connectivity index is 1.50. The highest BCUT2D eigenvalue weighted by Gasteiger charge is 2.49. The first-order chi connectivity index (χ1) is 12.0. The lowest BCUT2D eigenvalue weighted by atomic mass is 9.86. The molecule has 2 saturated heterocycles. The molecule has 2 aliphatic rings. The SMILES string of the molecule is Cc1ccc(N2CC3(CCN(C(=O)c4cc(C)[nH]n4)C3)CC2=O)cc1. The Bertz CT molecular complexity index is 826. The minimum Gasteiger partial charge on any atom is -0.337 e. The van der Waals surface area contributed by atoms with Crippen molar-refractivity contribution in [1.82, 2.24) is 15.1 Å². The summed E-state index contributed by atoms with van der Waals surface area (Å²) in [6.07, 6.45) is 1.36. The van der Waals surface area contributed by atoms with Crippen molar-refractivity contribution >= 4 is 17.5 Å². The van der Waals surface area contributed by atoms with Gasteiger partial charge in [0.15, 0.2) is 0 Å². The molecular weight excluding hydrogens is 316 g/mol. The van der Waals surface area contributed by atoms with Crippen LogP contribution in [0, 0.1) is 19.3 Å². The molecule has 1 atom stereocenters. The molecule has 1 aromatic heterocycles. The fourth-order valence-electron chi connectivity index (χ4n) is 3.93. The number of rotatable bonds is 2. The second kappa shape index (κ2) is 5.72. The van der Waals surface area contributed by atoms with Gasteiger partial charge in [-0.05, 0) is 38.5 Å². The zero-order valence-electron chi connectivity index (χ0n) is 14.6. The van der Waals surface area contributed by atoms with Crippen molar-refractivity contribution in [2.75, 3.05) is 24.5 Å². The van der Waals surface area contributed by atoms with Crippen LogP contribution in [0.2, 0.25) is 0 Å². The second-order valence-corrected chi connectivity index (χ2v) is 7.41. The van der Waals surface area contributed by atoms with E-state index in [4.69, 9.17) is 0 Å². The number of benzene rings is 1. The fourth-order valence-corrected chi connectivity index (χ4v) is 3.93. The topological polar surface area (TPSA) is 69.3 Å². The van der Waals surface area contributed by atoms with Crippen LogP contribution in [0.1, 0.15) is 34.6 Å². The number of aromatic amines is 1. The lowest BCUT2D eigenvalue weighted by molar-refractivity contribution is -0.117. The minimum absolute atomic E-state index is 0.0533. The molecule has 6 nitrogen and oxygen atoms in total. The van der Waals surface area contributed by atoms with Crippen LogP contribution in [0.5, 0.6) is 0 Å². The second-order valence-electron chi connectivity index (χ2n) is 7.41. The maximum atomic E-state index is 12.6. The van der Waals surface area contributed by atoms with Crippen molar-refractivity contribution < 1.29 is 9.59 Å². The van der Waals surface area contributed by atoms with Crippen LogP contribution in [-0.2, 0) is 4.79 Å². The molecule has 1 aromatic carbocycles. The molecule has 0 radical (unpaired) electrons. The average molecular weight is 338 g/mol. The fraction of sp³-hybridized carbons (Fsp3) is 0.421. The lowest BCUT2D eigenvalue weighted by Crippen LogP contribution is -2.34. The number of hydrogen-bond acceptors (Lipinski definition) is 3. The van der Waals surface area contributed by atoms with Gasteiger partial charge in [-0.3, -0.25) is 14.7 Å². The van der Waals surface area contributed by atoms with E-state index in [1.54, 1.807) is 6.07 Å². The maximum Gasteiger partial charge on any atom is 0.274 e. The van der Waals surface area contributed by atoms with Gasteiger partial charge in [-0.1, -0.05) is 17.7 Å². The van der Waals surface area contributed by atoms with E-state index in [0.717, 1.165) is 17.8 Å².